The Morgan fingerprint density at radius 3 is 1.63 bits per heavy atom. The van der Waals surface area contributed by atoms with E-state index in [2.05, 4.69) is 10.5 Å². The number of hydrogen-bond donors (Lipinski definition) is 1. The van der Waals surface area contributed by atoms with Crippen molar-refractivity contribution < 1.29 is 14.3 Å². The number of hydrogen-bond acceptors (Lipinski definition) is 4. The molecule has 0 unspecified atom stereocenters. The second kappa shape index (κ2) is 12.1. The first-order valence-electron chi connectivity index (χ1n) is 10.8. The van der Waals surface area contributed by atoms with Gasteiger partial charge in [0.15, 0.2) is 0 Å². The maximum atomic E-state index is 12.3. The molecule has 35 heavy (non-hydrogen) atoms. The Morgan fingerprint density at radius 1 is 0.686 bits per heavy atom. The highest BCUT2D eigenvalue weighted by molar-refractivity contribution is 6.30. The maximum absolute atomic E-state index is 12.3. The molecule has 0 atom stereocenters. The molecule has 0 saturated heterocycles. The molecule has 0 fully saturated rings. The van der Waals surface area contributed by atoms with Crippen molar-refractivity contribution in [3.63, 3.8) is 0 Å². The van der Waals surface area contributed by atoms with Crippen molar-refractivity contribution in [2.45, 2.75) is 13.2 Å². The van der Waals surface area contributed by atoms with Gasteiger partial charge in [0.05, 0.1) is 6.21 Å². The van der Waals surface area contributed by atoms with Crippen molar-refractivity contribution in [3.05, 3.63) is 129 Å². The van der Waals surface area contributed by atoms with Crippen LogP contribution in [0.5, 0.6) is 11.5 Å². The first-order valence-corrected chi connectivity index (χ1v) is 11.6. The van der Waals surface area contributed by atoms with Gasteiger partial charge in [0, 0.05) is 15.6 Å². The van der Waals surface area contributed by atoms with Gasteiger partial charge in [0.2, 0.25) is 0 Å². The molecule has 4 rings (SSSR count). The number of benzene rings is 4. The largest absolute Gasteiger partial charge is 0.489 e. The lowest BCUT2D eigenvalue weighted by molar-refractivity contribution is 0.0955. The third kappa shape index (κ3) is 7.60. The molecule has 0 heterocycles. The SMILES string of the molecule is O=C(N/N=C/c1ccc(OCc2ccc(Cl)cc2)cc1)c1ccc(OCc2ccc(Cl)cc2)cc1. The Kier molecular flexibility index (Phi) is 8.39. The number of carbonyl (C=O) groups excluding carboxylic acids is 1. The molecular formula is C28H22Cl2N2O3. The fraction of sp³-hybridized carbons (Fsp3) is 0.0714. The van der Waals surface area contributed by atoms with E-state index in [-0.39, 0.29) is 5.91 Å². The molecule has 5 nitrogen and oxygen atoms in total. The fourth-order valence-electron chi connectivity index (χ4n) is 3.08. The van der Waals surface area contributed by atoms with Gasteiger partial charge in [-0.3, -0.25) is 4.79 Å². The summed E-state index contributed by atoms with van der Waals surface area (Å²) in [6.45, 7) is 0.865. The van der Waals surface area contributed by atoms with Crippen molar-refractivity contribution in [2.24, 2.45) is 5.10 Å². The van der Waals surface area contributed by atoms with E-state index in [1.54, 1.807) is 30.5 Å². The molecule has 176 valence electrons. The van der Waals surface area contributed by atoms with Gasteiger partial charge >= 0.3 is 0 Å². The van der Waals surface area contributed by atoms with Gasteiger partial charge in [-0.15, -0.1) is 0 Å². The summed E-state index contributed by atoms with van der Waals surface area (Å²) in [7, 11) is 0. The monoisotopic (exact) mass is 504 g/mol. The van der Waals surface area contributed by atoms with Crippen LogP contribution in [0.25, 0.3) is 0 Å². The number of ether oxygens (including phenoxy) is 2. The van der Waals surface area contributed by atoms with Crippen LogP contribution in [0.4, 0.5) is 0 Å². The van der Waals surface area contributed by atoms with Crippen molar-refractivity contribution in [2.75, 3.05) is 0 Å². The van der Waals surface area contributed by atoms with Crippen LogP contribution in [0.1, 0.15) is 27.0 Å². The van der Waals surface area contributed by atoms with Crippen LogP contribution >= 0.6 is 23.2 Å². The Labute approximate surface area is 213 Å². The summed E-state index contributed by atoms with van der Waals surface area (Å²) in [5.74, 6) is 1.09. The van der Waals surface area contributed by atoms with Crippen LogP contribution in [0.15, 0.2) is 102 Å². The van der Waals surface area contributed by atoms with Crippen LogP contribution < -0.4 is 14.9 Å². The summed E-state index contributed by atoms with van der Waals surface area (Å²) >= 11 is 11.8. The van der Waals surface area contributed by atoms with Gasteiger partial charge in [-0.2, -0.15) is 5.10 Å². The highest BCUT2D eigenvalue weighted by Gasteiger charge is 2.05. The van der Waals surface area contributed by atoms with Crippen molar-refractivity contribution in [3.8, 4) is 11.5 Å². The minimum absolute atomic E-state index is 0.312. The summed E-state index contributed by atoms with van der Waals surface area (Å²) in [6, 6.07) is 29.3. The molecule has 0 spiro atoms. The highest BCUT2D eigenvalue weighted by atomic mass is 35.5. The smallest absolute Gasteiger partial charge is 0.271 e. The van der Waals surface area contributed by atoms with E-state index < -0.39 is 0 Å². The Hall–Kier alpha value is -3.80. The van der Waals surface area contributed by atoms with Crippen LogP contribution in [-0.4, -0.2) is 12.1 Å². The number of nitrogens with one attached hydrogen (secondary N) is 1. The molecule has 1 amide bonds. The topological polar surface area (TPSA) is 59.9 Å². The molecule has 1 N–H and O–H groups in total. The summed E-state index contributed by atoms with van der Waals surface area (Å²) in [5.41, 5.74) is 5.88. The Bertz CT molecular complexity index is 1270. The van der Waals surface area contributed by atoms with Gasteiger partial charge in [-0.05, 0) is 89.5 Å². The van der Waals surface area contributed by atoms with Crippen LogP contribution in [0, 0.1) is 0 Å². The van der Waals surface area contributed by atoms with Crippen molar-refractivity contribution in [1.29, 1.82) is 0 Å². The summed E-state index contributed by atoms with van der Waals surface area (Å²) in [5, 5.41) is 5.41. The van der Waals surface area contributed by atoms with Crippen LogP contribution in [0.3, 0.4) is 0 Å². The van der Waals surface area contributed by atoms with E-state index >= 15 is 0 Å². The molecule has 4 aromatic carbocycles. The number of hydrazone groups is 1. The highest BCUT2D eigenvalue weighted by Crippen LogP contribution is 2.17. The lowest BCUT2D eigenvalue weighted by atomic mass is 10.2. The zero-order valence-corrected chi connectivity index (χ0v) is 20.2. The van der Waals surface area contributed by atoms with Crippen molar-refractivity contribution >= 4 is 35.3 Å². The first-order chi connectivity index (χ1) is 17.0. The standard InChI is InChI=1S/C28H22Cl2N2O3/c29-24-9-1-21(2-10-24)18-34-26-13-5-20(6-14-26)17-31-32-28(33)23-7-15-27(16-8-23)35-19-22-3-11-25(30)12-4-22/h1-17H,18-19H2,(H,32,33)/b31-17+. The molecule has 0 aromatic heterocycles. The zero-order chi connectivity index (χ0) is 24.5. The van der Waals surface area contributed by atoms with E-state index in [1.807, 2.05) is 72.8 Å². The summed E-state index contributed by atoms with van der Waals surface area (Å²) in [4.78, 5) is 12.3. The van der Waals surface area contributed by atoms with E-state index in [1.165, 1.54) is 0 Å². The number of nitrogens with zero attached hydrogens (tertiary/aromatic N) is 1. The van der Waals surface area contributed by atoms with Gasteiger partial charge in [-0.1, -0.05) is 47.5 Å². The van der Waals surface area contributed by atoms with E-state index in [9.17, 15) is 4.79 Å². The third-order valence-electron chi connectivity index (χ3n) is 5.01. The third-order valence-corrected chi connectivity index (χ3v) is 5.52. The van der Waals surface area contributed by atoms with E-state index in [0.29, 0.717) is 34.6 Å². The summed E-state index contributed by atoms with van der Waals surface area (Å²) < 4.78 is 11.5. The van der Waals surface area contributed by atoms with Crippen LogP contribution in [-0.2, 0) is 13.2 Å². The predicted molar refractivity (Wildman–Crippen MR) is 140 cm³/mol. The molecule has 4 aromatic rings. The number of carbonyl (C=O) groups is 1. The molecule has 0 radical (unpaired) electrons. The van der Waals surface area contributed by atoms with Crippen LogP contribution in [0.2, 0.25) is 10.0 Å². The average Bonchev–Trinajstić information content (AvgIpc) is 2.89. The number of rotatable bonds is 9. The average molecular weight is 505 g/mol. The zero-order valence-electron chi connectivity index (χ0n) is 18.7. The second-order valence-electron chi connectivity index (χ2n) is 7.62. The van der Waals surface area contributed by atoms with E-state index in [0.717, 1.165) is 22.4 Å². The van der Waals surface area contributed by atoms with Gasteiger partial charge < -0.3 is 9.47 Å². The Balaban J connectivity index is 1.23. The minimum atomic E-state index is -0.312. The molecule has 0 saturated carbocycles. The molecule has 0 bridgehead atoms. The number of halogens is 2. The second-order valence-corrected chi connectivity index (χ2v) is 8.50. The molecular weight excluding hydrogens is 483 g/mol. The van der Waals surface area contributed by atoms with Gasteiger partial charge in [0.25, 0.3) is 5.91 Å². The number of amides is 1. The van der Waals surface area contributed by atoms with E-state index in [4.69, 9.17) is 32.7 Å². The summed E-state index contributed by atoms with van der Waals surface area (Å²) in [6.07, 6.45) is 1.57. The predicted octanol–water partition coefficient (Wildman–Crippen LogP) is 6.92. The maximum Gasteiger partial charge on any atom is 0.271 e. The molecule has 0 aliphatic heterocycles. The lowest BCUT2D eigenvalue weighted by Crippen LogP contribution is -2.17. The van der Waals surface area contributed by atoms with Gasteiger partial charge in [-0.25, -0.2) is 5.43 Å². The Morgan fingerprint density at radius 2 is 1.14 bits per heavy atom. The molecule has 0 aliphatic rings. The van der Waals surface area contributed by atoms with Gasteiger partial charge in [0.1, 0.15) is 24.7 Å². The normalized spacial score (nSPS) is 10.8. The molecule has 7 heteroatoms. The molecule has 0 aliphatic carbocycles. The van der Waals surface area contributed by atoms with Crippen molar-refractivity contribution in [1.82, 2.24) is 5.43 Å². The minimum Gasteiger partial charge on any atom is -0.489 e. The fourth-order valence-corrected chi connectivity index (χ4v) is 3.33. The lowest BCUT2D eigenvalue weighted by Gasteiger charge is -2.07. The first kappa shape index (κ1) is 24.3. The quantitative estimate of drug-likeness (QED) is 0.199.